The van der Waals surface area contributed by atoms with Crippen LogP contribution in [0.15, 0.2) is 34.8 Å². The number of hydrogen-bond donors (Lipinski definition) is 1. The Balaban J connectivity index is 2.56. The second-order valence-electron chi connectivity index (χ2n) is 4.88. The van der Waals surface area contributed by atoms with Crippen LogP contribution >= 0.6 is 38.5 Å². The van der Waals surface area contributed by atoms with Crippen molar-refractivity contribution >= 4 is 38.5 Å². The van der Waals surface area contributed by atoms with E-state index in [4.69, 9.17) is 0 Å². The molecule has 2 aromatic carbocycles. The highest BCUT2D eigenvalue weighted by atomic mass is 127. The molecular formula is C16H16BrIO. The van der Waals surface area contributed by atoms with Crippen LogP contribution in [0.4, 0.5) is 0 Å². The van der Waals surface area contributed by atoms with Crippen LogP contribution in [0.2, 0.25) is 0 Å². The van der Waals surface area contributed by atoms with Crippen molar-refractivity contribution in [3.05, 3.63) is 66.2 Å². The first kappa shape index (κ1) is 15.0. The summed E-state index contributed by atoms with van der Waals surface area (Å²) in [6, 6.07) is 10.2. The molecule has 1 unspecified atom stereocenters. The van der Waals surface area contributed by atoms with Gasteiger partial charge in [0.15, 0.2) is 0 Å². The molecule has 3 heteroatoms. The van der Waals surface area contributed by atoms with Gasteiger partial charge in [0.2, 0.25) is 0 Å². The van der Waals surface area contributed by atoms with Crippen molar-refractivity contribution in [3.8, 4) is 0 Å². The van der Waals surface area contributed by atoms with Crippen molar-refractivity contribution in [2.75, 3.05) is 0 Å². The summed E-state index contributed by atoms with van der Waals surface area (Å²) in [5.41, 5.74) is 5.48. The monoisotopic (exact) mass is 430 g/mol. The molecule has 19 heavy (non-hydrogen) atoms. The topological polar surface area (TPSA) is 20.2 Å². The molecule has 0 spiro atoms. The Bertz CT molecular complexity index is 599. The quantitative estimate of drug-likeness (QED) is 0.660. The molecule has 0 heterocycles. The highest BCUT2D eigenvalue weighted by Gasteiger charge is 2.18. The van der Waals surface area contributed by atoms with Gasteiger partial charge in [-0.3, -0.25) is 0 Å². The molecule has 0 saturated carbocycles. The molecule has 0 aliphatic rings. The van der Waals surface area contributed by atoms with Gasteiger partial charge in [0.1, 0.15) is 6.10 Å². The minimum Gasteiger partial charge on any atom is -0.384 e. The first-order valence-electron chi connectivity index (χ1n) is 6.11. The Morgan fingerprint density at radius 2 is 1.63 bits per heavy atom. The summed E-state index contributed by atoms with van der Waals surface area (Å²) in [5, 5.41) is 10.7. The van der Waals surface area contributed by atoms with Gasteiger partial charge in [-0.1, -0.05) is 33.6 Å². The van der Waals surface area contributed by atoms with Crippen LogP contribution in [0.25, 0.3) is 0 Å². The predicted octanol–water partition coefficient (Wildman–Crippen LogP) is 5.06. The van der Waals surface area contributed by atoms with Crippen molar-refractivity contribution in [1.82, 2.24) is 0 Å². The minimum atomic E-state index is -0.579. The highest BCUT2D eigenvalue weighted by molar-refractivity contribution is 14.1. The minimum absolute atomic E-state index is 0.579. The van der Waals surface area contributed by atoms with Gasteiger partial charge in [-0.05, 0) is 83.8 Å². The highest BCUT2D eigenvalue weighted by Crippen LogP contribution is 2.32. The Morgan fingerprint density at radius 1 is 1.05 bits per heavy atom. The lowest BCUT2D eigenvalue weighted by molar-refractivity contribution is 0.218. The lowest BCUT2D eigenvalue weighted by Crippen LogP contribution is -2.07. The molecule has 0 amide bonds. The van der Waals surface area contributed by atoms with Crippen LogP contribution in [0, 0.1) is 24.3 Å². The van der Waals surface area contributed by atoms with Gasteiger partial charge < -0.3 is 5.11 Å². The Morgan fingerprint density at radius 3 is 2.21 bits per heavy atom. The van der Waals surface area contributed by atoms with E-state index in [1.807, 2.05) is 18.2 Å². The normalized spacial score (nSPS) is 12.5. The molecule has 1 N–H and O–H groups in total. The summed E-state index contributed by atoms with van der Waals surface area (Å²) < 4.78 is 2.07. The van der Waals surface area contributed by atoms with E-state index in [-0.39, 0.29) is 0 Å². The molecule has 2 aromatic rings. The van der Waals surface area contributed by atoms with E-state index >= 15 is 0 Å². The van der Waals surface area contributed by atoms with Crippen molar-refractivity contribution in [1.29, 1.82) is 0 Å². The second kappa shape index (κ2) is 5.94. The van der Waals surface area contributed by atoms with E-state index in [0.29, 0.717) is 0 Å². The fraction of sp³-hybridized carbons (Fsp3) is 0.250. The van der Waals surface area contributed by atoms with Crippen molar-refractivity contribution in [3.63, 3.8) is 0 Å². The molecule has 1 nitrogen and oxygen atoms in total. The van der Waals surface area contributed by atoms with E-state index in [0.717, 1.165) is 30.3 Å². The molecule has 0 radical (unpaired) electrons. The van der Waals surface area contributed by atoms with E-state index < -0.39 is 6.10 Å². The smallest absolute Gasteiger partial charge is 0.106 e. The van der Waals surface area contributed by atoms with E-state index in [2.05, 4.69) is 71.4 Å². The summed E-state index contributed by atoms with van der Waals surface area (Å²) in [7, 11) is 0. The Kier molecular flexibility index (Phi) is 4.69. The molecule has 100 valence electrons. The van der Waals surface area contributed by atoms with Crippen LogP contribution in [-0.2, 0) is 0 Å². The number of benzene rings is 2. The molecule has 0 bridgehead atoms. The van der Waals surface area contributed by atoms with Crippen LogP contribution in [0.5, 0.6) is 0 Å². The third-order valence-electron chi connectivity index (χ3n) is 3.26. The van der Waals surface area contributed by atoms with Crippen LogP contribution in [0.3, 0.4) is 0 Å². The number of aliphatic hydroxyl groups is 1. The lowest BCUT2D eigenvalue weighted by atomic mass is 9.92. The molecule has 2 rings (SSSR count). The maximum absolute atomic E-state index is 10.7. The maximum Gasteiger partial charge on any atom is 0.106 e. The predicted molar refractivity (Wildman–Crippen MR) is 91.6 cm³/mol. The number of aliphatic hydroxyl groups excluding tert-OH is 1. The average molecular weight is 431 g/mol. The Hall–Kier alpha value is -0.390. The molecule has 0 aliphatic heterocycles. The summed E-state index contributed by atoms with van der Waals surface area (Å²) in [4.78, 5) is 0. The van der Waals surface area contributed by atoms with Crippen molar-refractivity contribution in [2.45, 2.75) is 26.9 Å². The molecular weight excluding hydrogens is 415 g/mol. The van der Waals surface area contributed by atoms with E-state index in [1.165, 1.54) is 5.56 Å². The van der Waals surface area contributed by atoms with Gasteiger partial charge in [0.25, 0.3) is 0 Å². The summed E-state index contributed by atoms with van der Waals surface area (Å²) in [6.07, 6.45) is -0.579. The second-order valence-corrected chi connectivity index (χ2v) is 6.96. The van der Waals surface area contributed by atoms with Crippen LogP contribution in [0.1, 0.15) is 33.9 Å². The first-order chi connectivity index (χ1) is 8.90. The van der Waals surface area contributed by atoms with Crippen LogP contribution in [-0.4, -0.2) is 5.11 Å². The fourth-order valence-corrected chi connectivity index (χ4v) is 3.51. The van der Waals surface area contributed by atoms with E-state index in [1.54, 1.807) is 0 Å². The maximum atomic E-state index is 10.7. The third-order valence-corrected chi connectivity index (χ3v) is 4.74. The van der Waals surface area contributed by atoms with Crippen molar-refractivity contribution in [2.24, 2.45) is 0 Å². The van der Waals surface area contributed by atoms with Gasteiger partial charge in [0, 0.05) is 8.04 Å². The number of hydrogen-bond acceptors (Lipinski definition) is 1. The van der Waals surface area contributed by atoms with Gasteiger partial charge in [-0.25, -0.2) is 0 Å². The third kappa shape index (κ3) is 3.20. The molecule has 0 aromatic heterocycles. The van der Waals surface area contributed by atoms with Crippen LogP contribution < -0.4 is 0 Å². The summed E-state index contributed by atoms with van der Waals surface area (Å²) in [5.74, 6) is 0. The van der Waals surface area contributed by atoms with Gasteiger partial charge in [0.05, 0.1) is 0 Å². The zero-order valence-corrected chi connectivity index (χ0v) is 14.9. The Labute approximate surface area is 136 Å². The molecule has 1 atom stereocenters. The number of rotatable bonds is 2. The summed E-state index contributed by atoms with van der Waals surface area (Å²) in [6.45, 7) is 6.20. The van der Waals surface area contributed by atoms with Gasteiger partial charge >= 0.3 is 0 Å². The zero-order valence-electron chi connectivity index (χ0n) is 11.2. The molecule has 0 fully saturated rings. The SMILES string of the molecule is Cc1cc(C)c(C(O)c2cc(Br)ccc2I)c(C)c1. The standard InChI is InChI=1S/C16H16BrIO/c1-9-6-10(2)15(11(3)7-9)16(19)13-8-12(17)4-5-14(13)18/h4-8,16,19H,1-3H3. The number of aryl methyl sites for hydroxylation is 3. The van der Waals surface area contributed by atoms with E-state index in [9.17, 15) is 5.11 Å². The lowest BCUT2D eigenvalue weighted by Gasteiger charge is -2.19. The molecule has 0 aliphatic carbocycles. The average Bonchev–Trinajstić information content (AvgIpc) is 2.30. The number of halogens is 2. The first-order valence-corrected chi connectivity index (χ1v) is 7.98. The summed E-state index contributed by atoms with van der Waals surface area (Å²) >= 11 is 5.74. The molecule has 0 saturated heterocycles. The largest absolute Gasteiger partial charge is 0.384 e. The van der Waals surface area contributed by atoms with Crippen molar-refractivity contribution < 1.29 is 5.11 Å². The fourth-order valence-electron chi connectivity index (χ4n) is 2.50. The zero-order chi connectivity index (χ0) is 14.2. The van der Waals surface area contributed by atoms with Gasteiger partial charge in [-0.15, -0.1) is 0 Å². The van der Waals surface area contributed by atoms with Gasteiger partial charge in [-0.2, -0.15) is 0 Å².